The van der Waals surface area contributed by atoms with Crippen LogP contribution < -0.4 is 0 Å². The predicted molar refractivity (Wildman–Crippen MR) is 112 cm³/mol. The van der Waals surface area contributed by atoms with Crippen LogP contribution in [-0.2, 0) is 14.3 Å². The van der Waals surface area contributed by atoms with E-state index in [9.17, 15) is 9.90 Å². The molecule has 1 aliphatic rings. The minimum absolute atomic E-state index is 0.116. The Morgan fingerprint density at radius 2 is 1.86 bits per heavy atom. The highest BCUT2D eigenvalue weighted by Crippen LogP contribution is 2.31. The Morgan fingerprint density at radius 1 is 1.18 bits per heavy atom. The van der Waals surface area contributed by atoms with E-state index in [0.717, 1.165) is 32.1 Å². The summed E-state index contributed by atoms with van der Waals surface area (Å²) in [6, 6.07) is 0. The van der Waals surface area contributed by atoms with Crippen LogP contribution in [0.2, 0.25) is 0 Å². The van der Waals surface area contributed by atoms with Crippen molar-refractivity contribution in [1.29, 1.82) is 0 Å². The zero-order valence-electron chi connectivity index (χ0n) is 18.2. The van der Waals surface area contributed by atoms with Gasteiger partial charge < -0.3 is 19.7 Å². The molecular formula is C23H38O5. The normalized spacial score (nSPS) is 22.5. The molecular weight excluding hydrogens is 356 g/mol. The number of aliphatic hydroxyl groups is 2. The smallest absolute Gasteiger partial charge is 0.202 e. The van der Waals surface area contributed by atoms with Gasteiger partial charge >= 0.3 is 0 Å². The van der Waals surface area contributed by atoms with Gasteiger partial charge in [-0.05, 0) is 58.3 Å². The van der Waals surface area contributed by atoms with Gasteiger partial charge in [-0.2, -0.15) is 0 Å². The summed E-state index contributed by atoms with van der Waals surface area (Å²) in [4.78, 5) is 12.2. The number of rotatable bonds is 12. The van der Waals surface area contributed by atoms with Crippen molar-refractivity contribution in [1.82, 2.24) is 0 Å². The number of ketones is 1. The topological polar surface area (TPSA) is 76.0 Å². The number of carbonyl (C=O) groups is 1. The van der Waals surface area contributed by atoms with Crippen molar-refractivity contribution < 1.29 is 24.5 Å². The predicted octanol–water partition coefficient (Wildman–Crippen LogP) is 4.30. The van der Waals surface area contributed by atoms with Crippen LogP contribution in [0.3, 0.4) is 0 Å². The van der Waals surface area contributed by atoms with E-state index in [4.69, 9.17) is 14.6 Å². The van der Waals surface area contributed by atoms with Crippen molar-refractivity contribution in [2.45, 2.75) is 71.8 Å². The molecule has 0 bridgehead atoms. The number of carbonyl (C=O) groups excluding carboxylic acids is 1. The molecule has 2 N–H and O–H groups in total. The van der Waals surface area contributed by atoms with Gasteiger partial charge in [0.2, 0.25) is 11.5 Å². The van der Waals surface area contributed by atoms with Crippen LogP contribution in [0.15, 0.2) is 34.8 Å². The second-order valence-electron chi connectivity index (χ2n) is 7.99. The molecule has 0 saturated heterocycles. The first-order valence-electron chi connectivity index (χ1n) is 10.3. The Balaban J connectivity index is 2.47. The monoisotopic (exact) mass is 394 g/mol. The average Bonchev–Trinajstić information content (AvgIpc) is 2.67. The minimum Gasteiger partial charge on any atom is -0.494 e. The molecule has 3 atom stereocenters. The molecule has 0 spiro atoms. The Hall–Kier alpha value is -1.59. The van der Waals surface area contributed by atoms with E-state index in [0.29, 0.717) is 12.3 Å². The van der Waals surface area contributed by atoms with Crippen molar-refractivity contribution in [2.24, 2.45) is 11.8 Å². The number of hydrogen-bond donors (Lipinski definition) is 2. The SMILES string of the molecule is COC1=C(OC)[C@H](O)[C@H](C/C=C(\C)CC/C=C(\C)CCCC(C)CO)CC1=O. The number of methoxy groups -OCH3 is 2. The summed E-state index contributed by atoms with van der Waals surface area (Å²) in [5.41, 5.74) is 2.66. The molecule has 0 heterocycles. The van der Waals surface area contributed by atoms with E-state index in [1.807, 2.05) is 0 Å². The van der Waals surface area contributed by atoms with Crippen LogP contribution in [0.25, 0.3) is 0 Å². The summed E-state index contributed by atoms with van der Waals surface area (Å²) in [5, 5.41) is 19.5. The third-order valence-corrected chi connectivity index (χ3v) is 5.44. The standard InChI is InChI=1S/C23H38O5/c1-16(9-7-11-18(3)15-24)8-6-10-17(2)12-13-19-14-20(25)22(27-4)23(28-5)21(19)26/h8,12,18-19,21,24,26H,6-7,9-11,13-15H2,1-5H3/b16-8+,17-12+/t18?,19-,21-/m1/s1. The summed E-state index contributed by atoms with van der Waals surface area (Å²) in [5.74, 6) is 0.468. The summed E-state index contributed by atoms with van der Waals surface area (Å²) in [7, 11) is 2.87. The molecule has 1 unspecified atom stereocenters. The van der Waals surface area contributed by atoms with Gasteiger partial charge in [0, 0.05) is 18.9 Å². The van der Waals surface area contributed by atoms with Crippen LogP contribution in [0.1, 0.15) is 65.7 Å². The van der Waals surface area contributed by atoms with Crippen LogP contribution >= 0.6 is 0 Å². The lowest BCUT2D eigenvalue weighted by Gasteiger charge is -2.29. The van der Waals surface area contributed by atoms with Crippen molar-refractivity contribution in [3.63, 3.8) is 0 Å². The average molecular weight is 395 g/mol. The first-order valence-corrected chi connectivity index (χ1v) is 10.3. The lowest BCUT2D eigenvalue weighted by Crippen LogP contribution is -2.33. The summed E-state index contributed by atoms with van der Waals surface area (Å²) in [6.07, 6.45) is 9.73. The van der Waals surface area contributed by atoms with Crippen LogP contribution in [0, 0.1) is 11.8 Å². The van der Waals surface area contributed by atoms with E-state index in [-0.39, 0.29) is 36.2 Å². The second-order valence-corrected chi connectivity index (χ2v) is 7.99. The lowest BCUT2D eigenvalue weighted by atomic mass is 9.85. The molecule has 1 aliphatic carbocycles. The van der Waals surface area contributed by atoms with E-state index in [2.05, 4.69) is 32.9 Å². The molecule has 1 rings (SSSR count). The summed E-state index contributed by atoms with van der Waals surface area (Å²) < 4.78 is 10.3. The molecule has 5 nitrogen and oxygen atoms in total. The van der Waals surface area contributed by atoms with Gasteiger partial charge in [-0.25, -0.2) is 0 Å². The minimum atomic E-state index is -0.815. The zero-order valence-corrected chi connectivity index (χ0v) is 18.2. The Morgan fingerprint density at radius 3 is 2.46 bits per heavy atom. The zero-order chi connectivity index (χ0) is 21.1. The summed E-state index contributed by atoms with van der Waals surface area (Å²) in [6.45, 7) is 6.60. The van der Waals surface area contributed by atoms with Crippen molar-refractivity contribution in [2.75, 3.05) is 20.8 Å². The molecule has 0 aromatic heterocycles. The molecule has 0 aromatic rings. The maximum Gasteiger partial charge on any atom is 0.202 e. The van der Waals surface area contributed by atoms with Crippen molar-refractivity contribution in [3.8, 4) is 0 Å². The van der Waals surface area contributed by atoms with Crippen LogP contribution in [0.5, 0.6) is 0 Å². The number of hydrogen-bond acceptors (Lipinski definition) is 5. The molecule has 0 fully saturated rings. The van der Waals surface area contributed by atoms with Gasteiger partial charge in [0.25, 0.3) is 0 Å². The van der Waals surface area contributed by atoms with Crippen molar-refractivity contribution >= 4 is 5.78 Å². The Labute approximate surface area is 170 Å². The molecule has 28 heavy (non-hydrogen) atoms. The maximum atomic E-state index is 12.2. The van der Waals surface area contributed by atoms with Gasteiger partial charge in [0.05, 0.1) is 14.2 Å². The molecule has 0 radical (unpaired) electrons. The van der Waals surface area contributed by atoms with Gasteiger partial charge in [0.15, 0.2) is 5.76 Å². The fourth-order valence-electron chi connectivity index (χ4n) is 3.49. The van der Waals surface area contributed by atoms with Crippen molar-refractivity contribution in [3.05, 3.63) is 34.8 Å². The van der Waals surface area contributed by atoms with Gasteiger partial charge in [0.1, 0.15) is 6.10 Å². The quantitative estimate of drug-likeness (QED) is 0.483. The van der Waals surface area contributed by atoms with Gasteiger partial charge in [-0.1, -0.05) is 30.2 Å². The summed E-state index contributed by atoms with van der Waals surface area (Å²) >= 11 is 0. The molecule has 0 aromatic carbocycles. The molecule has 0 aliphatic heterocycles. The van der Waals surface area contributed by atoms with Gasteiger partial charge in [-0.3, -0.25) is 4.79 Å². The third-order valence-electron chi connectivity index (χ3n) is 5.44. The number of Topliss-reactive ketones (excluding diaryl/α,β-unsaturated/α-hetero) is 1. The van der Waals surface area contributed by atoms with Crippen LogP contribution in [-0.4, -0.2) is 42.9 Å². The molecule has 160 valence electrons. The first-order chi connectivity index (χ1) is 13.3. The number of aliphatic hydroxyl groups excluding tert-OH is 2. The third kappa shape index (κ3) is 7.80. The lowest BCUT2D eigenvalue weighted by molar-refractivity contribution is -0.123. The molecule has 0 saturated carbocycles. The first kappa shape index (κ1) is 24.4. The highest BCUT2D eigenvalue weighted by molar-refractivity contribution is 5.95. The highest BCUT2D eigenvalue weighted by Gasteiger charge is 2.36. The molecule has 5 heteroatoms. The fraction of sp³-hybridized carbons (Fsp3) is 0.696. The van der Waals surface area contributed by atoms with E-state index in [1.165, 1.54) is 25.4 Å². The van der Waals surface area contributed by atoms with Crippen LogP contribution in [0.4, 0.5) is 0 Å². The highest BCUT2D eigenvalue weighted by atomic mass is 16.5. The number of ether oxygens (including phenoxy) is 2. The fourth-order valence-corrected chi connectivity index (χ4v) is 3.49. The van der Waals surface area contributed by atoms with E-state index >= 15 is 0 Å². The largest absolute Gasteiger partial charge is 0.494 e. The van der Waals surface area contributed by atoms with E-state index < -0.39 is 6.10 Å². The Bertz CT molecular complexity index is 588. The Kier molecular flexibility index (Phi) is 11.2. The second kappa shape index (κ2) is 12.8. The number of allylic oxidation sites excluding steroid dienone is 5. The van der Waals surface area contributed by atoms with Gasteiger partial charge in [-0.15, -0.1) is 0 Å². The van der Waals surface area contributed by atoms with E-state index in [1.54, 1.807) is 0 Å². The maximum absolute atomic E-state index is 12.2. The molecule has 0 amide bonds.